The molecule has 3 aromatic rings. The van der Waals surface area contributed by atoms with E-state index in [-0.39, 0.29) is 0 Å². The summed E-state index contributed by atoms with van der Waals surface area (Å²) in [6.45, 7) is 4.88. The summed E-state index contributed by atoms with van der Waals surface area (Å²) in [5.41, 5.74) is 2.25. The molecule has 6 nitrogen and oxygen atoms in total. The Kier molecular flexibility index (Phi) is 3.28. The predicted octanol–water partition coefficient (Wildman–Crippen LogP) is 2.46. The molecule has 22 heavy (non-hydrogen) atoms. The molecule has 1 aromatic carbocycles. The molecule has 4 rings (SSSR count). The van der Waals surface area contributed by atoms with Gasteiger partial charge in [-0.25, -0.2) is 4.68 Å². The molecule has 0 radical (unpaired) electrons. The molecule has 1 N–H and O–H groups in total. The van der Waals surface area contributed by atoms with Crippen molar-refractivity contribution in [2.24, 2.45) is 0 Å². The van der Waals surface area contributed by atoms with Crippen molar-refractivity contribution in [3.63, 3.8) is 0 Å². The molecule has 1 aliphatic heterocycles. The van der Waals surface area contributed by atoms with Crippen molar-refractivity contribution >= 4 is 28.7 Å². The molecule has 1 atom stereocenters. The van der Waals surface area contributed by atoms with Crippen LogP contribution < -0.4 is 10.2 Å². The largest absolute Gasteiger partial charge is 0.421 e. The number of benzene rings is 1. The summed E-state index contributed by atoms with van der Waals surface area (Å²) in [5, 5.41) is 8.24. The van der Waals surface area contributed by atoms with E-state index in [0.717, 1.165) is 30.8 Å². The Bertz CT molecular complexity index is 798. The number of oxazole rings is 1. The molecule has 0 unspecified atom stereocenters. The quantitative estimate of drug-likeness (QED) is 0.787. The molecule has 0 aliphatic carbocycles. The van der Waals surface area contributed by atoms with Gasteiger partial charge in [0.1, 0.15) is 11.2 Å². The Labute approximate surface area is 132 Å². The lowest BCUT2D eigenvalue weighted by Gasteiger charge is -2.32. The molecule has 114 valence electrons. The molecular formula is C15H16ClN5O. The highest BCUT2D eigenvalue weighted by Crippen LogP contribution is 2.31. The first-order valence-electron chi connectivity index (χ1n) is 7.30. The monoisotopic (exact) mass is 317 g/mol. The van der Waals surface area contributed by atoms with Gasteiger partial charge in [0.15, 0.2) is 5.58 Å². The van der Waals surface area contributed by atoms with Gasteiger partial charge in [-0.1, -0.05) is 11.6 Å². The van der Waals surface area contributed by atoms with Crippen molar-refractivity contribution in [2.45, 2.75) is 13.0 Å². The standard InChI is InChI=1S/C15H16ClN5O/c1-10-9-17-4-6-20(10)15-19-12-7-11(16)8-13(14(12)22-15)21-5-2-3-18-21/h2-3,5,7-8,10,17H,4,6,9H2,1H3/t10-/m0/s1. The maximum absolute atomic E-state index is 6.22. The Morgan fingerprint density at radius 1 is 1.41 bits per heavy atom. The number of aromatic nitrogens is 3. The summed E-state index contributed by atoms with van der Waals surface area (Å²) in [6, 6.07) is 6.50. The van der Waals surface area contributed by atoms with E-state index in [9.17, 15) is 0 Å². The topological polar surface area (TPSA) is 59.1 Å². The third-order valence-corrected chi connectivity index (χ3v) is 4.14. The Balaban J connectivity index is 1.85. The van der Waals surface area contributed by atoms with Crippen molar-refractivity contribution < 1.29 is 4.42 Å². The zero-order valence-corrected chi connectivity index (χ0v) is 12.9. The van der Waals surface area contributed by atoms with E-state index in [1.807, 2.05) is 24.4 Å². The summed E-state index contributed by atoms with van der Waals surface area (Å²) < 4.78 is 7.80. The normalized spacial score (nSPS) is 19.0. The van der Waals surface area contributed by atoms with Gasteiger partial charge >= 0.3 is 0 Å². The predicted molar refractivity (Wildman–Crippen MR) is 85.8 cm³/mol. The first-order valence-corrected chi connectivity index (χ1v) is 7.67. The highest BCUT2D eigenvalue weighted by atomic mass is 35.5. The third-order valence-electron chi connectivity index (χ3n) is 3.92. The smallest absolute Gasteiger partial charge is 0.298 e. The number of fused-ring (bicyclic) bond motifs is 1. The van der Waals surface area contributed by atoms with Gasteiger partial charge in [-0.15, -0.1) is 0 Å². The van der Waals surface area contributed by atoms with Crippen LogP contribution in [-0.2, 0) is 0 Å². The number of nitrogens with zero attached hydrogens (tertiary/aromatic N) is 4. The van der Waals surface area contributed by atoms with E-state index in [0.29, 0.717) is 22.7 Å². The van der Waals surface area contributed by atoms with Crippen LogP contribution in [0.2, 0.25) is 5.02 Å². The van der Waals surface area contributed by atoms with Crippen LogP contribution in [0, 0.1) is 0 Å². The molecule has 0 amide bonds. The summed E-state index contributed by atoms with van der Waals surface area (Å²) in [5.74, 6) is 0. The van der Waals surface area contributed by atoms with E-state index < -0.39 is 0 Å². The zero-order valence-electron chi connectivity index (χ0n) is 12.2. The number of hydrogen-bond acceptors (Lipinski definition) is 5. The first-order chi connectivity index (χ1) is 10.7. The Morgan fingerprint density at radius 3 is 3.09 bits per heavy atom. The second-order valence-corrected chi connectivity index (χ2v) is 5.90. The Hall–Kier alpha value is -2.05. The van der Waals surface area contributed by atoms with Crippen LogP contribution in [0.15, 0.2) is 35.0 Å². The molecule has 1 aliphatic rings. The molecule has 1 saturated heterocycles. The second kappa shape index (κ2) is 5.30. The number of nitrogens with one attached hydrogen (secondary N) is 1. The average molecular weight is 318 g/mol. The third kappa shape index (κ3) is 2.24. The fourth-order valence-electron chi connectivity index (χ4n) is 2.80. The van der Waals surface area contributed by atoms with Gasteiger partial charge in [0.25, 0.3) is 6.01 Å². The average Bonchev–Trinajstić information content (AvgIpc) is 3.15. The van der Waals surface area contributed by atoms with E-state index in [1.165, 1.54) is 0 Å². The molecule has 0 saturated carbocycles. The number of anilines is 1. The van der Waals surface area contributed by atoms with E-state index in [1.54, 1.807) is 10.9 Å². The minimum Gasteiger partial charge on any atom is -0.421 e. The molecule has 0 bridgehead atoms. The molecule has 7 heteroatoms. The fourth-order valence-corrected chi connectivity index (χ4v) is 3.01. The number of rotatable bonds is 2. The lowest BCUT2D eigenvalue weighted by molar-refractivity contribution is 0.456. The van der Waals surface area contributed by atoms with Crippen LogP contribution in [0.25, 0.3) is 16.8 Å². The lowest BCUT2D eigenvalue weighted by Crippen LogP contribution is -2.50. The van der Waals surface area contributed by atoms with Crippen molar-refractivity contribution in [3.05, 3.63) is 35.6 Å². The van der Waals surface area contributed by atoms with Gasteiger partial charge in [-0.2, -0.15) is 10.1 Å². The summed E-state index contributed by atoms with van der Waals surface area (Å²) >= 11 is 6.22. The molecular weight excluding hydrogens is 302 g/mol. The molecule has 1 fully saturated rings. The second-order valence-electron chi connectivity index (χ2n) is 5.47. The number of hydrogen-bond donors (Lipinski definition) is 1. The highest BCUT2D eigenvalue weighted by Gasteiger charge is 2.24. The lowest BCUT2D eigenvalue weighted by atomic mass is 10.2. The van der Waals surface area contributed by atoms with Gasteiger partial charge in [0.2, 0.25) is 0 Å². The van der Waals surface area contributed by atoms with E-state index >= 15 is 0 Å². The number of piperazine rings is 1. The van der Waals surface area contributed by atoms with Gasteiger partial charge in [0, 0.05) is 43.1 Å². The maximum Gasteiger partial charge on any atom is 0.298 e. The number of halogens is 1. The van der Waals surface area contributed by atoms with Crippen molar-refractivity contribution in [3.8, 4) is 5.69 Å². The highest BCUT2D eigenvalue weighted by molar-refractivity contribution is 6.31. The summed E-state index contributed by atoms with van der Waals surface area (Å²) in [7, 11) is 0. The SMILES string of the molecule is C[C@H]1CNCCN1c1nc2cc(Cl)cc(-n3cccn3)c2o1. The van der Waals surface area contributed by atoms with Crippen LogP contribution in [0.4, 0.5) is 6.01 Å². The van der Waals surface area contributed by atoms with Crippen molar-refractivity contribution in [1.29, 1.82) is 0 Å². The minimum atomic E-state index is 0.338. The minimum absolute atomic E-state index is 0.338. The fraction of sp³-hybridized carbons (Fsp3) is 0.333. The van der Waals surface area contributed by atoms with Gasteiger partial charge in [-0.05, 0) is 25.1 Å². The zero-order chi connectivity index (χ0) is 15.1. The van der Waals surface area contributed by atoms with Gasteiger partial charge < -0.3 is 14.6 Å². The van der Waals surface area contributed by atoms with Crippen LogP contribution in [-0.4, -0.2) is 40.4 Å². The van der Waals surface area contributed by atoms with Crippen LogP contribution in [0.3, 0.4) is 0 Å². The van der Waals surface area contributed by atoms with E-state index in [4.69, 9.17) is 16.0 Å². The van der Waals surface area contributed by atoms with Gasteiger partial charge in [-0.3, -0.25) is 0 Å². The first kappa shape index (κ1) is 13.6. The van der Waals surface area contributed by atoms with Crippen LogP contribution in [0.1, 0.15) is 6.92 Å². The summed E-state index contributed by atoms with van der Waals surface area (Å²) in [6.07, 6.45) is 3.59. The van der Waals surface area contributed by atoms with Crippen LogP contribution >= 0.6 is 11.6 Å². The van der Waals surface area contributed by atoms with Gasteiger partial charge in [0.05, 0.1) is 0 Å². The summed E-state index contributed by atoms with van der Waals surface area (Å²) in [4.78, 5) is 6.80. The van der Waals surface area contributed by atoms with Crippen molar-refractivity contribution in [2.75, 3.05) is 24.5 Å². The molecule has 2 aromatic heterocycles. The molecule has 3 heterocycles. The van der Waals surface area contributed by atoms with E-state index in [2.05, 4.69) is 27.2 Å². The molecule has 0 spiro atoms. The van der Waals surface area contributed by atoms with Crippen LogP contribution in [0.5, 0.6) is 0 Å². The van der Waals surface area contributed by atoms with Crippen molar-refractivity contribution in [1.82, 2.24) is 20.1 Å². The Morgan fingerprint density at radius 2 is 2.32 bits per heavy atom. The maximum atomic E-state index is 6.22.